The Hall–Kier alpha value is -2.69. The first kappa shape index (κ1) is 12.3. The summed E-state index contributed by atoms with van der Waals surface area (Å²) in [5.74, 6) is -1.03. The molecule has 1 heterocycles. The minimum absolute atomic E-state index is 0.120. The van der Waals surface area contributed by atoms with E-state index in [9.17, 15) is 8.78 Å². The second-order valence-electron chi connectivity index (χ2n) is 4.26. The van der Waals surface area contributed by atoms with Crippen molar-refractivity contribution >= 4 is 5.82 Å². The van der Waals surface area contributed by atoms with Crippen molar-refractivity contribution < 1.29 is 13.3 Å². The Morgan fingerprint density at radius 3 is 2.45 bits per heavy atom. The zero-order valence-corrected chi connectivity index (χ0v) is 10.3. The van der Waals surface area contributed by atoms with E-state index >= 15 is 0 Å². The van der Waals surface area contributed by atoms with Crippen LogP contribution in [0.15, 0.2) is 53.1 Å². The number of anilines is 1. The number of nitrogens with zero attached hydrogens (tertiary/aromatic N) is 1. The van der Waals surface area contributed by atoms with Gasteiger partial charge in [-0.25, -0.2) is 8.78 Å². The van der Waals surface area contributed by atoms with E-state index in [2.05, 4.69) is 5.16 Å². The molecular formula is C15H10F2N2O. The van der Waals surface area contributed by atoms with E-state index in [4.69, 9.17) is 10.3 Å². The Labute approximate surface area is 113 Å². The van der Waals surface area contributed by atoms with Crippen LogP contribution in [0.4, 0.5) is 14.6 Å². The van der Waals surface area contributed by atoms with Gasteiger partial charge in [0.05, 0.1) is 11.1 Å². The van der Waals surface area contributed by atoms with Gasteiger partial charge in [-0.05, 0) is 17.7 Å². The monoisotopic (exact) mass is 272 g/mol. The number of halogens is 2. The molecule has 3 rings (SSSR count). The van der Waals surface area contributed by atoms with Gasteiger partial charge >= 0.3 is 0 Å². The van der Waals surface area contributed by atoms with Crippen LogP contribution in [-0.4, -0.2) is 5.16 Å². The molecule has 2 aromatic carbocycles. The molecule has 100 valence electrons. The Kier molecular flexibility index (Phi) is 2.95. The van der Waals surface area contributed by atoms with Crippen molar-refractivity contribution in [3.63, 3.8) is 0 Å². The molecule has 0 fully saturated rings. The van der Waals surface area contributed by atoms with Gasteiger partial charge in [-0.1, -0.05) is 35.5 Å². The lowest BCUT2D eigenvalue weighted by Crippen LogP contribution is -1.90. The quantitative estimate of drug-likeness (QED) is 0.770. The Balaban J connectivity index is 2.21. The van der Waals surface area contributed by atoms with Crippen molar-refractivity contribution in [2.24, 2.45) is 0 Å². The van der Waals surface area contributed by atoms with E-state index in [0.29, 0.717) is 5.56 Å². The molecule has 3 nitrogen and oxygen atoms in total. The molecule has 5 heteroatoms. The Morgan fingerprint density at radius 1 is 1.00 bits per heavy atom. The van der Waals surface area contributed by atoms with Gasteiger partial charge in [0.2, 0.25) is 0 Å². The van der Waals surface area contributed by atoms with E-state index in [1.807, 2.05) is 30.3 Å². The minimum Gasteiger partial charge on any atom is -0.380 e. The molecule has 0 aliphatic carbocycles. The van der Waals surface area contributed by atoms with Crippen LogP contribution in [-0.2, 0) is 0 Å². The van der Waals surface area contributed by atoms with E-state index in [1.54, 1.807) is 0 Å². The lowest BCUT2D eigenvalue weighted by molar-refractivity contribution is 0.433. The summed E-state index contributed by atoms with van der Waals surface area (Å²) in [6.45, 7) is 0. The summed E-state index contributed by atoms with van der Waals surface area (Å²) < 4.78 is 32.0. The molecular weight excluding hydrogens is 262 g/mol. The summed E-state index contributed by atoms with van der Waals surface area (Å²) in [6.07, 6.45) is 0. The summed E-state index contributed by atoms with van der Waals surface area (Å²) in [5, 5.41) is 3.68. The van der Waals surface area contributed by atoms with Gasteiger partial charge in [-0.3, -0.25) is 0 Å². The molecule has 3 aromatic rings. The number of rotatable bonds is 2. The highest BCUT2D eigenvalue weighted by Gasteiger charge is 2.20. The molecule has 0 saturated carbocycles. The lowest BCUT2D eigenvalue weighted by Gasteiger charge is -2.04. The molecule has 20 heavy (non-hydrogen) atoms. The average Bonchev–Trinajstić information content (AvgIpc) is 2.81. The van der Waals surface area contributed by atoms with Crippen molar-refractivity contribution in [2.75, 3.05) is 5.73 Å². The van der Waals surface area contributed by atoms with Gasteiger partial charge in [-0.2, -0.15) is 0 Å². The first-order valence-corrected chi connectivity index (χ1v) is 5.93. The van der Waals surface area contributed by atoms with Crippen molar-refractivity contribution in [1.82, 2.24) is 5.16 Å². The van der Waals surface area contributed by atoms with Gasteiger partial charge in [0.1, 0.15) is 11.6 Å². The summed E-state index contributed by atoms with van der Waals surface area (Å²) in [6, 6.07) is 12.4. The zero-order valence-electron chi connectivity index (χ0n) is 10.3. The van der Waals surface area contributed by atoms with Crippen LogP contribution < -0.4 is 5.73 Å². The molecule has 0 atom stereocenters. The summed E-state index contributed by atoms with van der Waals surface area (Å²) in [7, 11) is 0. The first-order chi connectivity index (χ1) is 9.66. The fourth-order valence-corrected chi connectivity index (χ4v) is 2.04. The van der Waals surface area contributed by atoms with Crippen LogP contribution in [0.3, 0.4) is 0 Å². The third-order valence-electron chi connectivity index (χ3n) is 2.96. The van der Waals surface area contributed by atoms with E-state index < -0.39 is 11.6 Å². The molecule has 0 aliphatic heterocycles. The van der Waals surface area contributed by atoms with Crippen LogP contribution in [0.25, 0.3) is 22.5 Å². The predicted octanol–water partition coefficient (Wildman–Crippen LogP) is 3.87. The van der Waals surface area contributed by atoms with Crippen LogP contribution in [0.2, 0.25) is 0 Å². The fraction of sp³-hybridized carbons (Fsp3) is 0. The van der Waals surface area contributed by atoms with Gasteiger partial charge in [0.15, 0.2) is 11.6 Å². The van der Waals surface area contributed by atoms with Gasteiger partial charge in [0.25, 0.3) is 0 Å². The number of aromatic nitrogens is 1. The van der Waals surface area contributed by atoms with Crippen molar-refractivity contribution in [2.45, 2.75) is 0 Å². The summed E-state index contributed by atoms with van der Waals surface area (Å²) >= 11 is 0. The van der Waals surface area contributed by atoms with Gasteiger partial charge < -0.3 is 10.3 Å². The third-order valence-corrected chi connectivity index (χ3v) is 2.96. The van der Waals surface area contributed by atoms with Gasteiger partial charge in [-0.15, -0.1) is 0 Å². The van der Waals surface area contributed by atoms with E-state index in [-0.39, 0.29) is 17.1 Å². The molecule has 0 aliphatic rings. The largest absolute Gasteiger partial charge is 0.380 e. The molecule has 1 aromatic heterocycles. The van der Waals surface area contributed by atoms with Crippen molar-refractivity contribution in [1.29, 1.82) is 0 Å². The molecule has 2 N–H and O–H groups in total. The molecule has 0 saturated heterocycles. The standard InChI is InChI=1S/C15H10F2N2O/c16-10-6-7-11(12(17)8-10)14-13(15(18)19-20-14)9-4-2-1-3-5-9/h1-8H,(H2,18,19). The highest BCUT2D eigenvalue weighted by atomic mass is 19.1. The predicted molar refractivity (Wildman–Crippen MR) is 71.7 cm³/mol. The molecule has 0 unspecified atom stereocenters. The number of nitrogen functional groups attached to an aromatic ring is 1. The van der Waals surface area contributed by atoms with Crippen LogP contribution in [0.1, 0.15) is 0 Å². The van der Waals surface area contributed by atoms with Crippen LogP contribution in [0, 0.1) is 11.6 Å². The number of hydrogen-bond acceptors (Lipinski definition) is 3. The minimum atomic E-state index is -0.724. The Bertz CT molecular complexity index is 754. The maximum Gasteiger partial charge on any atom is 0.179 e. The molecule has 0 radical (unpaired) electrons. The maximum atomic E-state index is 13.9. The SMILES string of the molecule is Nc1noc(-c2ccc(F)cc2F)c1-c1ccccc1. The second kappa shape index (κ2) is 4.77. The Morgan fingerprint density at radius 2 is 1.75 bits per heavy atom. The highest BCUT2D eigenvalue weighted by Crippen LogP contribution is 2.37. The average molecular weight is 272 g/mol. The molecule has 0 bridgehead atoms. The van der Waals surface area contributed by atoms with E-state index in [0.717, 1.165) is 17.7 Å². The third kappa shape index (κ3) is 2.03. The first-order valence-electron chi connectivity index (χ1n) is 5.93. The lowest BCUT2D eigenvalue weighted by atomic mass is 10.0. The van der Waals surface area contributed by atoms with Crippen LogP contribution in [0.5, 0.6) is 0 Å². The normalized spacial score (nSPS) is 10.7. The molecule has 0 spiro atoms. The summed E-state index contributed by atoms with van der Waals surface area (Å²) in [5.41, 5.74) is 7.16. The number of hydrogen-bond donors (Lipinski definition) is 1. The van der Waals surface area contributed by atoms with Crippen LogP contribution >= 0.6 is 0 Å². The smallest absolute Gasteiger partial charge is 0.179 e. The number of benzene rings is 2. The summed E-state index contributed by atoms with van der Waals surface area (Å²) in [4.78, 5) is 0. The highest BCUT2D eigenvalue weighted by molar-refractivity contribution is 5.86. The zero-order chi connectivity index (χ0) is 14.1. The van der Waals surface area contributed by atoms with E-state index in [1.165, 1.54) is 6.07 Å². The maximum absolute atomic E-state index is 13.9. The van der Waals surface area contributed by atoms with Gasteiger partial charge in [0, 0.05) is 6.07 Å². The van der Waals surface area contributed by atoms with Crippen molar-refractivity contribution in [3.8, 4) is 22.5 Å². The number of nitrogens with two attached hydrogens (primary N) is 1. The second-order valence-corrected chi connectivity index (χ2v) is 4.26. The van der Waals surface area contributed by atoms with Crippen molar-refractivity contribution in [3.05, 3.63) is 60.2 Å². The molecule has 0 amide bonds. The topological polar surface area (TPSA) is 52.0 Å². The fourth-order valence-electron chi connectivity index (χ4n) is 2.04.